The van der Waals surface area contributed by atoms with E-state index in [2.05, 4.69) is 0 Å². The van der Waals surface area contributed by atoms with Crippen LogP contribution in [0.1, 0.15) is 6.92 Å². The van der Waals surface area contributed by atoms with Crippen LogP contribution in [0.4, 0.5) is 5.69 Å². The molecule has 84 valence electrons. The number of nitrogens with two attached hydrogens (primary N) is 1. The van der Waals surface area contributed by atoms with Gasteiger partial charge in [0.1, 0.15) is 5.69 Å². The summed E-state index contributed by atoms with van der Waals surface area (Å²) in [7, 11) is 1.58. The van der Waals surface area contributed by atoms with Crippen LogP contribution < -0.4 is 17.0 Å². The van der Waals surface area contributed by atoms with Crippen LogP contribution in [0.3, 0.4) is 0 Å². The summed E-state index contributed by atoms with van der Waals surface area (Å²) in [6.07, 6.45) is 1.36. The molecule has 1 rings (SSSR count). The van der Waals surface area contributed by atoms with Gasteiger partial charge in [-0.1, -0.05) is 6.92 Å². The molecule has 0 saturated heterocycles. The van der Waals surface area contributed by atoms with Gasteiger partial charge < -0.3 is 10.3 Å². The molecule has 6 heteroatoms. The molecule has 0 fully saturated rings. The fourth-order valence-corrected chi connectivity index (χ4v) is 1.85. The van der Waals surface area contributed by atoms with Gasteiger partial charge in [-0.25, -0.2) is 4.79 Å². The molecular weight excluding hydrogens is 214 g/mol. The molecule has 1 heterocycles. The van der Waals surface area contributed by atoms with Gasteiger partial charge in [0.2, 0.25) is 0 Å². The number of nitrogens with zero attached hydrogens (tertiary/aromatic N) is 2. The highest BCUT2D eigenvalue weighted by Crippen LogP contribution is 1.98. The normalized spacial score (nSPS) is 10.5. The van der Waals surface area contributed by atoms with Crippen molar-refractivity contribution in [2.45, 2.75) is 13.5 Å². The van der Waals surface area contributed by atoms with Crippen molar-refractivity contribution in [3.05, 3.63) is 27.0 Å². The molecule has 15 heavy (non-hydrogen) atoms. The Morgan fingerprint density at radius 1 is 1.47 bits per heavy atom. The molecule has 0 atom stereocenters. The van der Waals surface area contributed by atoms with E-state index in [1.54, 1.807) is 18.8 Å². The van der Waals surface area contributed by atoms with Crippen molar-refractivity contribution in [1.82, 2.24) is 9.13 Å². The molecule has 0 spiro atoms. The third kappa shape index (κ3) is 2.65. The van der Waals surface area contributed by atoms with E-state index in [0.717, 1.165) is 11.5 Å². The molecule has 0 amide bonds. The number of rotatable bonds is 4. The Hall–Kier alpha value is -1.17. The molecule has 0 aromatic carbocycles. The van der Waals surface area contributed by atoms with E-state index in [0.29, 0.717) is 6.54 Å². The average molecular weight is 229 g/mol. The molecule has 1 aromatic heterocycles. The number of thioether (sulfide) groups is 1. The maximum Gasteiger partial charge on any atom is 0.330 e. The second-order valence-electron chi connectivity index (χ2n) is 3.13. The zero-order chi connectivity index (χ0) is 11.4. The van der Waals surface area contributed by atoms with Crippen molar-refractivity contribution in [1.29, 1.82) is 0 Å². The monoisotopic (exact) mass is 229 g/mol. The van der Waals surface area contributed by atoms with Crippen LogP contribution in [0, 0.1) is 0 Å². The summed E-state index contributed by atoms with van der Waals surface area (Å²) in [6, 6.07) is 0. The lowest BCUT2D eigenvalue weighted by Gasteiger charge is -2.07. The highest BCUT2D eigenvalue weighted by molar-refractivity contribution is 7.99. The van der Waals surface area contributed by atoms with E-state index in [1.807, 2.05) is 6.92 Å². The molecule has 0 radical (unpaired) electrons. The summed E-state index contributed by atoms with van der Waals surface area (Å²) in [6.45, 7) is 2.44. The first-order valence-electron chi connectivity index (χ1n) is 4.71. The maximum atomic E-state index is 11.6. The van der Waals surface area contributed by atoms with Crippen LogP contribution >= 0.6 is 11.8 Å². The molecule has 0 unspecified atom stereocenters. The van der Waals surface area contributed by atoms with Gasteiger partial charge in [0.25, 0.3) is 5.56 Å². The van der Waals surface area contributed by atoms with Crippen LogP contribution in [0.15, 0.2) is 15.8 Å². The van der Waals surface area contributed by atoms with Gasteiger partial charge in [-0.2, -0.15) is 11.8 Å². The van der Waals surface area contributed by atoms with Crippen molar-refractivity contribution in [3.8, 4) is 0 Å². The first-order valence-corrected chi connectivity index (χ1v) is 5.87. The lowest BCUT2D eigenvalue weighted by atomic mass is 10.5. The minimum Gasteiger partial charge on any atom is -0.393 e. The highest BCUT2D eigenvalue weighted by Gasteiger charge is 2.06. The Morgan fingerprint density at radius 2 is 2.13 bits per heavy atom. The van der Waals surface area contributed by atoms with E-state index in [4.69, 9.17) is 5.73 Å². The number of hydrogen-bond donors (Lipinski definition) is 1. The molecule has 0 saturated carbocycles. The van der Waals surface area contributed by atoms with Crippen LogP contribution in [-0.2, 0) is 13.6 Å². The quantitative estimate of drug-likeness (QED) is 0.731. The Balaban J connectivity index is 3.05. The highest BCUT2D eigenvalue weighted by atomic mass is 32.2. The summed E-state index contributed by atoms with van der Waals surface area (Å²) < 4.78 is 2.51. The fraction of sp³-hybridized carbons (Fsp3) is 0.556. The van der Waals surface area contributed by atoms with Gasteiger partial charge >= 0.3 is 5.69 Å². The summed E-state index contributed by atoms with van der Waals surface area (Å²) in [4.78, 5) is 23.1. The SMILES string of the molecule is CCSCCn1c(=O)c(N)cn(C)c1=O. The molecule has 0 aliphatic heterocycles. The topological polar surface area (TPSA) is 70.0 Å². The number of anilines is 1. The Labute approximate surface area is 91.9 Å². The fourth-order valence-electron chi connectivity index (χ4n) is 1.25. The predicted octanol–water partition coefficient (Wildman–Crippen LogP) is -0.118. The van der Waals surface area contributed by atoms with Crippen molar-refractivity contribution in [2.24, 2.45) is 7.05 Å². The third-order valence-corrected chi connectivity index (χ3v) is 2.90. The van der Waals surface area contributed by atoms with Gasteiger partial charge in [-0.15, -0.1) is 0 Å². The van der Waals surface area contributed by atoms with Gasteiger partial charge in [0, 0.05) is 25.5 Å². The summed E-state index contributed by atoms with van der Waals surface area (Å²) in [5, 5.41) is 0. The van der Waals surface area contributed by atoms with Crippen molar-refractivity contribution >= 4 is 17.4 Å². The second kappa shape index (κ2) is 5.06. The first kappa shape index (κ1) is 11.9. The van der Waals surface area contributed by atoms with Crippen molar-refractivity contribution in [2.75, 3.05) is 17.2 Å². The average Bonchev–Trinajstić information content (AvgIpc) is 2.20. The molecule has 0 bridgehead atoms. The van der Waals surface area contributed by atoms with Gasteiger partial charge in [0.15, 0.2) is 0 Å². The molecule has 5 nitrogen and oxygen atoms in total. The maximum absolute atomic E-state index is 11.6. The zero-order valence-corrected chi connectivity index (χ0v) is 9.71. The summed E-state index contributed by atoms with van der Waals surface area (Å²) in [5.74, 6) is 1.71. The molecule has 2 N–H and O–H groups in total. The summed E-state index contributed by atoms with van der Waals surface area (Å²) in [5.41, 5.74) is 4.90. The Kier molecular flexibility index (Phi) is 4.02. The van der Waals surface area contributed by atoms with Crippen LogP contribution in [0.2, 0.25) is 0 Å². The van der Waals surface area contributed by atoms with E-state index >= 15 is 0 Å². The lowest BCUT2D eigenvalue weighted by Crippen LogP contribution is -2.40. The smallest absolute Gasteiger partial charge is 0.330 e. The Bertz CT molecular complexity index is 415. The lowest BCUT2D eigenvalue weighted by molar-refractivity contribution is 0.629. The predicted molar refractivity (Wildman–Crippen MR) is 63.4 cm³/mol. The van der Waals surface area contributed by atoms with E-state index in [1.165, 1.54) is 15.3 Å². The second-order valence-corrected chi connectivity index (χ2v) is 4.53. The first-order chi connectivity index (χ1) is 7.07. The largest absolute Gasteiger partial charge is 0.393 e. The van der Waals surface area contributed by atoms with Crippen LogP contribution in [0.25, 0.3) is 0 Å². The minimum absolute atomic E-state index is 0.110. The summed E-state index contributed by atoms with van der Waals surface area (Å²) >= 11 is 1.68. The van der Waals surface area contributed by atoms with Crippen molar-refractivity contribution < 1.29 is 0 Å². The van der Waals surface area contributed by atoms with E-state index in [-0.39, 0.29) is 11.4 Å². The third-order valence-electron chi connectivity index (χ3n) is 2.02. The molecule has 1 aromatic rings. The Morgan fingerprint density at radius 3 is 2.73 bits per heavy atom. The number of hydrogen-bond acceptors (Lipinski definition) is 4. The van der Waals surface area contributed by atoms with Crippen molar-refractivity contribution in [3.63, 3.8) is 0 Å². The molecular formula is C9H15N3O2S. The number of aryl methyl sites for hydroxylation is 1. The molecule has 0 aliphatic rings. The number of aromatic nitrogens is 2. The van der Waals surface area contributed by atoms with Crippen LogP contribution in [0.5, 0.6) is 0 Å². The van der Waals surface area contributed by atoms with E-state index < -0.39 is 5.56 Å². The molecule has 0 aliphatic carbocycles. The standard InChI is InChI=1S/C9H15N3O2S/c1-3-15-5-4-12-8(13)7(10)6-11(2)9(12)14/h6H,3-5,10H2,1-2H3. The number of nitrogen functional groups attached to an aromatic ring is 1. The van der Waals surface area contributed by atoms with E-state index in [9.17, 15) is 9.59 Å². The van der Waals surface area contributed by atoms with Gasteiger partial charge in [-0.3, -0.25) is 9.36 Å². The van der Waals surface area contributed by atoms with Crippen LogP contribution in [-0.4, -0.2) is 20.6 Å². The zero-order valence-electron chi connectivity index (χ0n) is 8.90. The minimum atomic E-state index is -0.394. The van der Waals surface area contributed by atoms with Gasteiger partial charge in [0.05, 0.1) is 0 Å². The van der Waals surface area contributed by atoms with Gasteiger partial charge in [-0.05, 0) is 5.75 Å².